The van der Waals surface area contributed by atoms with Gasteiger partial charge < -0.3 is 4.74 Å². The van der Waals surface area contributed by atoms with Crippen molar-refractivity contribution in [3.63, 3.8) is 0 Å². The normalized spacial score (nSPS) is 20.4. The summed E-state index contributed by atoms with van der Waals surface area (Å²) in [5.41, 5.74) is 0. The van der Waals surface area contributed by atoms with Crippen LogP contribution in [0.15, 0.2) is 15.9 Å². The van der Waals surface area contributed by atoms with E-state index in [0.29, 0.717) is 24.7 Å². The minimum Gasteiger partial charge on any atom is -0.378 e. The number of Topliss-reactive ketones (excluding diaryl/α,β-unsaturated/α-hetero) is 1. The van der Waals surface area contributed by atoms with Crippen LogP contribution in [0.5, 0.6) is 0 Å². The molecule has 1 fully saturated rings. The molecule has 17 heavy (non-hydrogen) atoms. The fourth-order valence-corrected chi connectivity index (χ4v) is 3.60. The molecule has 0 aliphatic carbocycles. The summed E-state index contributed by atoms with van der Waals surface area (Å²) in [6.07, 6.45) is 5.99. The van der Waals surface area contributed by atoms with E-state index in [4.69, 9.17) is 4.74 Å². The second kappa shape index (κ2) is 6.66. The van der Waals surface area contributed by atoms with Crippen LogP contribution in [0.25, 0.3) is 0 Å². The van der Waals surface area contributed by atoms with E-state index >= 15 is 0 Å². The van der Waals surface area contributed by atoms with E-state index in [9.17, 15) is 4.79 Å². The van der Waals surface area contributed by atoms with Crippen LogP contribution in [0.2, 0.25) is 0 Å². The fraction of sp³-hybridized carbons (Fsp3) is 0.615. The Kier molecular flexibility index (Phi) is 5.19. The van der Waals surface area contributed by atoms with Crippen LogP contribution >= 0.6 is 27.3 Å². The molecule has 0 saturated carbocycles. The first-order chi connectivity index (χ1) is 8.24. The lowest BCUT2D eigenvalue weighted by Gasteiger charge is -2.22. The first-order valence-corrected chi connectivity index (χ1v) is 7.72. The van der Waals surface area contributed by atoms with Crippen LogP contribution in [-0.4, -0.2) is 18.5 Å². The number of ketones is 1. The maximum absolute atomic E-state index is 11.8. The van der Waals surface area contributed by atoms with Gasteiger partial charge in [-0.05, 0) is 53.7 Å². The lowest BCUT2D eigenvalue weighted by molar-refractivity contribution is -0.119. The Morgan fingerprint density at radius 1 is 1.47 bits per heavy atom. The van der Waals surface area contributed by atoms with Gasteiger partial charge in [0.1, 0.15) is 5.78 Å². The van der Waals surface area contributed by atoms with Crippen molar-refractivity contribution in [2.24, 2.45) is 0 Å². The van der Waals surface area contributed by atoms with Crippen LogP contribution in [-0.2, 0) is 16.0 Å². The number of thiophene rings is 1. The quantitative estimate of drug-likeness (QED) is 0.821. The third-order valence-corrected chi connectivity index (χ3v) is 4.64. The highest BCUT2D eigenvalue weighted by molar-refractivity contribution is 9.11. The molecule has 4 heteroatoms. The summed E-state index contributed by atoms with van der Waals surface area (Å²) in [6.45, 7) is 0.872. The molecular weight excluding hydrogens is 300 g/mol. The third kappa shape index (κ3) is 4.53. The van der Waals surface area contributed by atoms with E-state index in [-0.39, 0.29) is 0 Å². The summed E-state index contributed by atoms with van der Waals surface area (Å²) in [5, 5.41) is 0. The molecule has 1 atom stereocenters. The molecule has 1 saturated heterocycles. The third-order valence-electron chi connectivity index (χ3n) is 3.02. The van der Waals surface area contributed by atoms with Gasteiger partial charge >= 0.3 is 0 Å². The molecule has 0 spiro atoms. The molecule has 1 aliphatic heterocycles. The molecule has 2 heterocycles. The average Bonchev–Trinajstić information content (AvgIpc) is 2.73. The molecule has 0 N–H and O–H groups in total. The molecule has 0 amide bonds. The minimum atomic E-state index is 0.322. The number of halogens is 1. The van der Waals surface area contributed by atoms with Crippen molar-refractivity contribution in [3.8, 4) is 0 Å². The molecule has 2 rings (SSSR count). The monoisotopic (exact) mass is 316 g/mol. The van der Waals surface area contributed by atoms with Crippen molar-refractivity contribution in [3.05, 3.63) is 20.8 Å². The molecule has 1 aromatic rings. The molecule has 0 bridgehead atoms. The van der Waals surface area contributed by atoms with Gasteiger partial charge in [0.05, 0.1) is 9.89 Å². The average molecular weight is 317 g/mol. The second-order valence-corrected chi connectivity index (χ2v) is 7.00. The van der Waals surface area contributed by atoms with E-state index in [1.807, 2.05) is 12.1 Å². The van der Waals surface area contributed by atoms with E-state index in [2.05, 4.69) is 15.9 Å². The number of ether oxygens (including phenoxy) is 1. The Bertz CT molecular complexity index is 369. The van der Waals surface area contributed by atoms with E-state index in [0.717, 1.165) is 28.1 Å². The van der Waals surface area contributed by atoms with Crippen molar-refractivity contribution in [2.45, 2.75) is 44.6 Å². The lowest BCUT2D eigenvalue weighted by Crippen LogP contribution is -2.20. The largest absolute Gasteiger partial charge is 0.378 e. The van der Waals surface area contributed by atoms with Crippen LogP contribution in [0.1, 0.15) is 37.0 Å². The first kappa shape index (κ1) is 13.2. The summed E-state index contributed by atoms with van der Waals surface area (Å²) in [6, 6.07) is 4.02. The predicted molar refractivity (Wildman–Crippen MR) is 73.6 cm³/mol. The minimum absolute atomic E-state index is 0.322. The van der Waals surface area contributed by atoms with Crippen LogP contribution in [0.4, 0.5) is 0 Å². The summed E-state index contributed by atoms with van der Waals surface area (Å²) >= 11 is 5.05. The Labute approximate surface area is 114 Å². The number of carbonyl (C=O) groups excluding carboxylic acids is 1. The predicted octanol–water partition coefficient (Wildman–Crippen LogP) is 3.97. The highest BCUT2D eigenvalue weighted by Gasteiger charge is 2.15. The van der Waals surface area contributed by atoms with Gasteiger partial charge in [-0.25, -0.2) is 0 Å². The first-order valence-electron chi connectivity index (χ1n) is 6.11. The van der Waals surface area contributed by atoms with Crippen LogP contribution < -0.4 is 0 Å². The Hall–Kier alpha value is -0.190. The maximum atomic E-state index is 11.8. The zero-order valence-electron chi connectivity index (χ0n) is 9.78. The van der Waals surface area contributed by atoms with E-state index in [1.165, 1.54) is 12.8 Å². The van der Waals surface area contributed by atoms with Gasteiger partial charge in [0.15, 0.2) is 0 Å². The second-order valence-electron chi connectivity index (χ2n) is 4.45. The van der Waals surface area contributed by atoms with Gasteiger partial charge in [-0.3, -0.25) is 4.79 Å². The van der Waals surface area contributed by atoms with Crippen molar-refractivity contribution in [2.75, 3.05) is 6.61 Å². The molecule has 2 nitrogen and oxygen atoms in total. The van der Waals surface area contributed by atoms with Crippen molar-refractivity contribution < 1.29 is 9.53 Å². The van der Waals surface area contributed by atoms with Gasteiger partial charge in [0.25, 0.3) is 0 Å². The van der Waals surface area contributed by atoms with E-state index in [1.54, 1.807) is 11.3 Å². The van der Waals surface area contributed by atoms with Gasteiger partial charge in [0, 0.05) is 24.3 Å². The SMILES string of the molecule is O=C(CCC1CCCCO1)Cc1ccc(Br)s1. The van der Waals surface area contributed by atoms with Gasteiger partial charge in [-0.15, -0.1) is 11.3 Å². The zero-order chi connectivity index (χ0) is 12.1. The van der Waals surface area contributed by atoms with Crippen LogP contribution in [0.3, 0.4) is 0 Å². The molecule has 0 aromatic carbocycles. The highest BCUT2D eigenvalue weighted by atomic mass is 79.9. The Morgan fingerprint density at radius 3 is 3.00 bits per heavy atom. The Morgan fingerprint density at radius 2 is 2.35 bits per heavy atom. The van der Waals surface area contributed by atoms with Crippen molar-refractivity contribution in [1.82, 2.24) is 0 Å². The maximum Gasteiger partial charge on any atom is 0.138 e. The van der Waals surface area contributed by atoms with Gasteiger partial charge in [0.2, 0.25) is 0 Å². The molecule has 94 valence electrons. The molecule has 1 aromatic heterocycles. The Balaban J connectivity index is 1.70. The zero-order valence-corrected chi connectivity index (χ0v) is 12.2. The van der Waals surface area contributed by atoms with Gasteiger partial charge in [-0.1, -0.05) is 0 Å². The number of rotatable bonds is 5. The summed E-state index contributed by atoms with van der Waals surface area (Å²) < 4.78 is 6.72. The van der Waals surface area contributed by atoms with Crippen molar-refractivity contribution >= 4 is 33.0 Å². The fourth-order valence-electron chi connectivity index (χ4n) is 2.09. The van der Waals surface area contributed by atoms with E-state index < -0.39 is 0 Å². The summed E-state index contributed by atoms with van der Waals surface area (Å²) in [7, 11) is 0. The summed E-state index contributed by atoms with van der Waals surface area (Å²) in [5.74, 6) is 0.327. The standard InChI is InChI=1S/C13H17BrO2S/c14-13-7-6-12(17-13)9-10(15)4-5-11-3-1-2-8-16-11/h6-7,11H,1-5,8-9H2. The smallest absolute Gasteiger partial charge is 0.138 e. The van der Waals surface area contributed by atoms with Gasteiger partial charge in [-0.2, -0.15) is 0 Å². The number of carbonyl (C=O) groups is 1. The highest BCUT2D eigenvalue weighted by Crippen LogP contribution is 2.23. The summed E-state index contributed by atoms with van der Waals surface area (Å²) in [4.78, 5) is 12.9. The van der Waals surface area contributed by atoms with Crippen molar-refractivity contribution in [1.29, 1.82) is 0 Å². The number of hydrogen-bond donors (Lipinski definition) is 0. The number of hydrogen-bond acceptors (Lipinski definition) is 3. The molecular formula is C13H17BrO2S. The molecule has 1 unspecified atom stereocenters. The topological polar surface area (TPSA) is 26.3 Å². The lowest BCUT2D eigenvalue weighted by atomic mass is 10.0. The van der Waals surface area contributed by atoms with Crippen LogP contribution in [0, 0.1) is 0 Å². The molecule has 1 aliphatic rings. The molecule has 0 radical (unpaired) electrons.